The van der Waals surface area contributed by atoms with Crippen molar-refractivity contribution in [3.05, 3.63) is 30.1 Å². The van der Waals surface area contributed by atoms with Crippen molar-refractivity contribution in [1.29, 1.82) is 0 Å². The molecular weight excluding hydrogens is 250 g/mol. The van der Waals surface area contributed by atoms with Gasteiger partial charge in [0.2, 0.25) is 5.91 Å². The van der Waals surface area contributed by atoms with E-state index in [1.165, 1.54) is 25.7 Å². The molecule has 2 N–H and O–H groups in total. The Hall–Kier alpha value is -1.42. The maximum Gasteiger partial charge on any atom is 0.221 e. The molecule has 4 nitrogen and oxygen atoms in total. The molecule has 20 heavy (non-hydrogen) atoms. The van der Waals surface area contributed by atoms with Gasteiger partial charge in [0.25, 0.3) is 0 Å². The van der Waals surface area contributed by atoms with Crippen molar-refractivity contribution in [2.45, 2.75) is 57.5 Å². The molecule has 1 heterocycles. The molecule has 0 aromatic carbocycles. The molecule has 4 heteroatoms. The molecule has 0 bridgehead atoms. The molecule has 1 amide bonds. The van der Waals surface area contributed by atoms with E-state index in [9.17, 15) is 4.79 Å². The third kappa shape index (κ3) is 5.70. The summed E-state index contributed by atoms with van der Waals surface area (Å²) in [5.74, 6) is 0.172. The van der Waals surface area contributed by atoms with Crippen LogP contribution in [0.5, 0.6) is 0 Å². The van der Waals surface area contributed by atoms with Crippen LogP contribution in [0.3, 0.4) is 0 Å². The summed E-state index contributed by atoms with van der Waals surface area (Å²) >= 11 is 0. The highest BCUT2D eigenvalue weighted by Gasteiger charge is 2.14. The molecule has 2 rings (SSSR count). The van der Waals surface area contributed by atoms with Crippen LogP contribution in [0.1, 0.15) is 50.6 Å². The van der Waals surface area contributed by atoms with Gasteiger partial charge in [0.15, 0.2) is 0 Å². The first kappa shape index (κ1) is 15.0. The van der Waals surface area contributed by atoms with Gasteiger partial charge in [-0.2, -0.15) is 0 Å². The Kier molecular flexibility index (Phi) is 6.51. The highest BCUT2D eigenvalue weighted by Crippen LogP contribution is 2.17. The Labute approximate surface area is 121 Å². The molecule has 0 aliphatic heterocycles. The molecule has 1 aliphatic carbocycles. The van der Waals surface area contributed by atoms with Crippen molar-refractivity contribution in [2.24, 2.45) is 0 Å². The van der Waals surface area contributed by atoms with Crippen molar-refractivity contribution in [3.63, 3.8) is 0 Å². The minimum Gasteiger partial charge on any atom is -0.353 e. The van der Waals surface area contributed by atoms with Gasteiger partial charge in [-0.05, 0) is 25.0 Å². The zero-order valence-corrected chi connectivity index (χ0v) is 12.1. The van der Waals surface area contributed by atoms with Crippen LogP contribution in [0.4, 0.5) is 0 Å². The van der Waals surface area contributed by atoms with E-state index in [0.717, 1.165) is 25.1 Å². The number of nitrogens with one attached hydrogen (secondary N) is 2. The highest BCUT2D eigenvalue weighted by atomic mass is 16.1. The van der Waals surface area contributed by atoms with Gasteiger partial charge in [0.05, 0.1) is 5.69 Å². The Morgan fingerprint density at radius 2 is 2.00 bits per heavy atom. The van der Waals surface area contributed by atoms with Gasteiger partial charge in [-0.25, -0.2) is 0 Å². The monoisotopic (exact) mass is 275 g/mol. The predicted octanol–water partition coefficient (Wildman–Crippen LogP) is 2.40. The van der Waals surface area contributed by atoms with E-state index in [-0.39, 0.29) is 5.91 Å². The summed E-state index contributed by atoms with van der Waals surface area (Å²) in [6.07, 6.45) is 9.76. The zero-order chi connectivity index (χ0) is 14.0. The number of hydrogen-bond acceptors (Lipinski definition) is 3. The fourth-order valence-electron chi connectivity index (χ4n) is 2.64. The van der Waals surface area contributed by atoms with Crippen LogP contribution in [0.15, 0.2) is 24.4 Å². The Morgan fingerprint density at radius 3 is 2.70 bits per heavy atom. The fraction of sp³-hybridized carbons (Fsp3) is 0.625. The highest BCUT2D eigenvalue weighted by molar-refractivity contribution is 5.76. The minimum absolute atomic E-state index is 0.172. The molecule has 0 radical (unpaired) electrons. The average Bonchev–Trinajstić information content (AvgIpc) is 2.73. The summed E-state index contributed by atoms with van der Waals surface area (Å²) in [6.45, 7) is 1.42. The van der Waals surface area contributed by atoms with Gasteiger partial charge >= 0.3 is 0 Å². The molecule has 1 aliphatic rings. The van der Waals surface area contributed by atoms with Crippen LogP contribution >= 0.6 is 0 Å². The summed E-state index contributed by atoms with van der Waals surface area (Å²) in [4.78, 5) is 16.1. The molecule has 110 valence electrons. The lowest BCUT2D eigenvalue weighted by Gasteiger charge is -2.16. The SMILES string of the molecule is O=C(CCNCc1ccccn1)NC1CCCCCC1. The van der Waals surface area contributed by atoms with Gasteiger partial charge < -0.3 is 10.6 Å². The number of aromatic nitrogens is 1. The molecule has 0 atom stereocenters. The smallest absolute Gasteiger partial charge is 0.221 e. The van der Waals surface area contributed by atoms with Crippen LogP contribution < -0.4 is 10.6 Å². The average molecular weight is 275 g/mol. The number of carbonyl (C=O) groups is 1. The lowest BCUT2D eigenvalue weighted by Crippen LogP contribution is -2.36. The predicted molar refractivity (Wildman–Crippen MR) is 80.2 cm³/mol. The maximum absolute atomic E-state index is 11.9. The van der Waals surface area contributed by atoms with Gasteiger partial charge in [0.1, 0.15) is 0 Å². The number of carbonyl (C=O) groups excluding carboxylic acids is 1. The van der Waals surface area contributed by atoms with Gasteiger partial charge in [-0.3, -0.25) is 9.78 Å². The second-order valence-corrected chi connectivity index (χ2v) is 5.50. The summed E-state index contributed by atoms with van der Waals surface area (Å²) in [6, 6.07) is 6.27. The molecule has 0 unspecified atom stereocenters. The Bertz CT molecular complexity index is 386. The number of rotatable bonds is 6. The first-order valence-corrected chi connectivity index (χ1v) is 7.74. The van der Waals surface area contributed by atoms with Crippen molar-refractivity contribution < 1.29 is 4.79 Å². The molecule has 1 fully saturated rings. The Balaban J connectivity index is 1.58. The molecule has 0 spiro atoms. The summed E-state index contributed by atoms with van der Waals surface area (Å²) in [7, 11) is 0. The van der Waals surface area contributed by atoms with Crippen LogP contribution in [0.2, 0.25) is 0 Å². The van der Waals surface area contributed by atoms with Crippen LogP contribution in [-0.4, -0.2) is 23.5 Å². The first-order valence-electron chi connectivity index (χ1n) is 7.74. The van der Waals surface area contributed by atoms with Crippen molar-refractivity contribution >= 4 is 5.91 Å². The van der Waals surface area contributed by atoms with Crippen LogP contribution in [0.25, 0.3) is 0 Å². The molecule has 0 saturated heterocycles. The molecule has 1 saturated carbocycles. The number of hydrogen-bond donors (Lipinski definition) is 2. The lowest BCUT2D eigenvalue weighted by molar-refractivity contribution is -0.121. The minimum atomic E-state index is 0.172. The van der Waals surface area contributed by atoms with Gasteiger partial charge in [0, 0.05) is 31.7 Å². The van der Waals surface area contributed by atoms with E-state index in [0.29, 0.717) is 19.0 Å². The van der Waals surface area contributed by atoms with Crippen molar-refractivity contribution in [1.82, 2.24) is 15.6 Å². The fourth-order valence-corrected chi connectivity index (χ4v) is 2.64. The van der Waals surface area contributed by atoms with Crippen LogP contribution in [0, 0.1) is 0 Å². The van der Waals surface area contributed by atoms with E-state index in [1.807, 2.05) is 18.2 Å². The third-order valence-corrected chi connectivity index (χ3v) is 3.78. The Morgan fingerprint density at radius 1 is 1.20 bits per heavy atom. The van der Waals surface area contributed by atoms with Crippen LogP contribution in [-0.2, 0) is 11.3 Å². The molecule has 1 aromatic heterocycles. The number of amides is 1. The van der Waals surface area contributed by atoms with E-state index < -0.39 is 0 Å². The topological polar surface area (TPSA) is 54.0 Å². The summed E-state index contributed by atoms with van der Waals surface area (Å²) in [5, 5.41) is 6.42. The maximum atomic E-state index is 11.9. The van der Waals surface area contributed by atoms with E-state index >= 15 is 0 Å². The largest absolute Gasteiger partial charge is 0.353 e. The van der Waals surface area contributed by atoms with Crippen molar-refractivity contribution in [3.8, 4) is 0 Å². The first-order chi connectivity index (χ1) is 9.84. The zero-order valence-electron chi connectivity index (χ0n) is 12.1. The third-order valence-electron chi connectivity index (χ3n) is 3.78. The lowest BCUT2D eigenvalue weighted by atomic mass is 10.1. The second-order valence-electron chi connectivity index (χ2n) is 5.50. The number of nitrogens with zero attached hydrogens (tertiary/aromatic N) is 1. The second kappa shape index (κ2) is 8.69. The van der Waals surface area contributed by atoms with Gasteiger partial charge in [-0.1, -0.05) is 31.7 Å². The van der Waals surface area contributed by atoms with E-state index in [4.69, 9.17) is 0 Å². The standard InChI is InChI=1S/C16H25N3O/c20-16(19-14-7-3-1-2-4-8-14)10-12-17-13-15-9-5-6-11-18-15/h5-6,9,11,14,17H,1-4,7-8,10,12-13H2,(H,19,20). The van der Waals surface area contributed by atoms with E-state index in [2.05, 4.69) is 15.6 Å². The van der Waals surface area contributed by atoms with Gasteiger partial charge in [-0.15, -0.1) is 0 Å². The summed E-state index contributed by atoms with van der Waals surface area (Å²) < 4.78 is 0. The normalized spacial score (nSPS) is 16.6. The number of pyridine rings is 1. The molecular formula is C16H25N3O. The quantitative estimate of drug-likeness (QED) is 0.619. The summed E-state index contributed by atoms with van der Waals surface area (Å²) in [5.41, 5.74) is 1.01. The molecule has 1 aromatic rings. The van der Waals surface area contributed by atoms with Crippen molar-refractivity contribution in [2.75, 3.05) is 6.54 Å². The van der Waals surface area contributed by atoms with E-state index in [1.54, 1.807) is 6.20 Å².